The fourth-order valence-electron chi connectivity index (χ4n) is 3.81. The molecule has 3 rings (SSSR count). The summed E-state index contributed by atoms with van der Waals surface area (Å²) in [6, 6.07) is 13.5. The maximum atomic E-state index is 13.1. The number of likely N-dealkylation sites (N-methyl/N-ethyl adjacent to an activating group) is 1. The van der Waals surface area contributed by atoms with Crippen molar-refractivity contribution in [3.8, 4) is 11.5 Å². The highest BCUT2D eigenvalue weighted by Crippen LogP contribution is 2.42. The molecule has 0 saturated carbocycles. The van der Waals surface area contributed by atoms with E-state index in [0.29, 0.717) is 48.9 Å². The van der Waals surface area contributed by atoms with Gasteiger partial charge in [0.05, 0.1) is 24.8 Å². The zero-order valence-corrected chi connectivity index (χ0v) is 19.7. The van der Waals surface area contributed by atoms with Crippen molar-refractivity contribution in [3.63, 3.8) is 0 Å². The van der Waals surface area contributed by atoms with Gasteiger partial charge in [-0.25, -0.2) is 0 Å². The van der Waals surface area contributed by atoms with E-state index in [1.807, 2.05) is 45.0 Å². The van der Waals surface area contributed by atoms with Gasteiger partial charge in [-0.1, -0.05) is 43.3 Å². The summed E-state index contributed by atoms with van der Waals surface area (Å²) < 4.78 is 11.6. The minimum Gasteiger partial charge on any atom is -0.507 e. The summed E-state index contributed by atoms with van der Waals surface area (Å²) in [5.41, 5.74) is 1.24. The van der Waals surface area contributed by atoms with Crippen molar-refractivity contribution < 1.29 is 24.2 Å². The van der Waals surface area contributed by atoms with Crippen LogP contribution in [-0.4, -0.2) is 67.0 Å². The third kappa shape index (κ3) is 5.37. The summed E-state index contributed by atoms with van der Waals surface area (Å²) in [6.07, 6.45) is 0.856. The summed E-state index contributed by atoms with van der Waals surface area (Å²) in [5, 5.41) is 11.1. The lowest BCUT2D eigenvalue weighted by molar-refractivity contribution is -0.140. The molecule has 0 bridgehead atoms. The summed E-state index contributed by atoms with van der Waals surface area (Å²) in [5.74, 6) is -0.347. The van der Waals surface area contributed by atoms with E-state index in [4.69, 9.17) is 9.47 Å². The Labute approximate surface area is 195 Å². The third-order valence-electron chi connectivity index (χ3n) is 5.42. The van der Waals surface area contributed by atoms with Gasteiger partial charge in [-0.15, -0.1) is 0 Å². The first-order valence-electron chi connectivity index (χ1n) is 11.3. The zero-order chi connectivity index (χ0) is 24.0. The van der Waals surface area contributed by atoms with Gasteiger partial charge < -0.3 is 24.4 Å². The normalized spacial score (nSPS) is 17.6. The highest BCUT2D eigenvalue weighted by atomic mass is 16.5. The van der Waals surface area contributed by atoms with Gasteiger partial charge in [-0.05, 0) is 45.1 Å². The number of benzene rings is 2. The molecule has 176 valence electrons. The maximum absolute atomic E-state index is 13.1. The number of Topliss-reactive ketones (excluding diaryl/α,β-unsaturated/α-hetero) is 1. The van der Waals surface area contributed by atoms with Gasteiger partial charge in [0.15, 0.2) is 11.5 Å². The number of likely N-dealkylation sites (tertiary alicyclic amines) is 1. The molecule has 7 nitrogen and oxygen atoms in total. The lowest BCUT2D eigenvalue weighted by atomic mass is 9.95. The second kappa shape index (κ2) is 11.0. The van der Waals surface area contributed by atoms with Crippen molar-refractivity contribution >= 4 is 17.4 Å². The van der Waals surface area contributed by atoms with Crippen LogP contribution in [0.1, 0.15) is 37.4 Å². The first-order chi connectivity index (χ1) is 15.9. The number of rotatable bonds is 10. The van der Waals surface area contributed by atoms with Crippen LogP contribution >= 0.6 is 0 Å². The molecule has 0 spiro atoms. The molecule has 2 aromatic rings. The average molecular weight is 453 g/mol. The minimum atomic E-state index is -0.732. The molecule has 1 aliphatic rings. The Bertz CT molecular complexity index is 1020. The van der Waals surface area contributed by atoms with Crippen molar-refractivity contribution in [1.29, 1.82) is 0 Å². The van der Waals surface area contributed by atoms with Crippen LogP contribution in [0.5, 0.6) is 11.5 Å². The van der Waals surface area contributed by atoms with Gasteiger partial charge in [0.2, 0.25) is 0 Å². The number of hydrogen-bond donors (Lipinski definition) is 1. The van der Waals surface area contributed by atoms with Crippen LogP contribution in [0, 0.1) is 0 Å². The van der Waals surface area contributed by atoms with E-state index in [-0.39, 0.29) is 11.3 Å². The topological polar surface area (TPSA) is 79.3 Å². The minimum absolute atomic E-state index is 0.0784. The lowest BCUT2D eigenvalue weighted by Gasteiger charge is -2.27. The number of carbonyl (C=O) groups excluding carboxylic acids is 2. The number of aliphatic hydroxyl groups excluding tert-OH is 1. The Morgan fingerprint density at radius 3 is 2.39 bits per heavy atom. The number of carbonyl (C=O) groups is 2. The van der Waals surface area contributed by atoms with Crippen LogP contribution in [-0.2, 0) is 9.59 Å². The number of ketones is 1. The smallest absolute Gasteiger partial charge is 0.295 e. The van der Waals surface area contributed by atoms with E-state index in [2.05, 4.69) is 0 Å². The van der Waals surface area contributed by atoms with Crippen molar-refractivity contribution in [1.82, 2.24) is 9.80 Å². The van der Waals surface area contributed by atoms with E-state index in [1.54, 1.807) is 36.4 Å². The summed E-state index contributed by atoms with van der Waals surface area (Å²) in [7, 11) is 3.81. The molecule has 1 aliphatic heterocycles. The SMILES string of the molecule is CCCOc1ccc(C2/C(=C(\O)c3ccccc3)C(=O)C(=O)N2CCN(C)C)cc1OCC. The van der Waals surface area contributed by atoms with Gasteiger partial charge in [-0.3, -0.25) is 9.59 Å². The molecule has 7 heteroatoms. The third-order valence-corrected chi connectivity index (χ3v) is 5.42. The molecule has 33 heavy (non-hydrogen) atoms. The van der Waals surface area contributed by atoms with E-state index in [0.717, 1.165) is 6.42 Å². The van der Waals surface area contributed by atoms with Gasteiger partial charge in [0.25, 0.3) is 11.7 Å². The lowest BCUT2D eigenvalue weighted by Crippen LogP contribution is -2.35. The molecule has 1 atom stereocenters. The number of hydrogen-bond acceptors (Lipinski definition) is 6. The zero-order valence-electron chi connectivity index (χ0n) is 19.7. The van der Waals surface area contributed by atoms with E-state index < -0.39 is 17.7 Å². The van der Waals surface area contributed by atoms with E-state index in [1.165, 1.54) is 4.90 Å². The Kier molecular flexibility index (Phi) is 8.11. The van der Waals surface area contributed by atoms with Crippen molar-refractivity contribution in [2.45, 2.75) is 26.3 Å². The van der Waals surface area contributed by atoms with Gasteiger partial charge in [0, 0.05) is 18.7 Å². The van der Waals surface area contributed by atoms with Crippen LogP contribution in [0.3, 0.4) is 0 Å². The Balaban J connectivity index is 2.14. The summed E-state index contributed by atoms with van der Waals surface area (Å²) in [4.78, 5) is 29.6. The van der Waals surface area contributed by atoms with E-state index in [9.17, 15) is 14.7 Å². The molecular formula is C26H32N2O5. The molecule has 0 aliphatic carbocycles. The fraction of sp³-hybridized carbons (Fsp3) is 0.385. The maximum Gasteiger partial charge on any atom is 0.295 e. The first-order valence-corrected chi connectivity index (χ1v) is 11.3. The van der Waals surface area contributed by atoms with Crippen LogP contribution in [0.4, 0.5) is 0 Å². The molecular weight excluding hydrogens is 420 g/mol. The molecule has 2 aromatic carbocycles. The molecule has 1 heterocycles. The first kappa shape index (κ1) is 24.3. The molecule has 0 radical (unpaired) electrons. The summed E-state index contributed by atoms with van der Waals surface area (Å²) >= 11 is 0. The van der Waals surface area contributed by atoms with Crippen LogP contribution < -0.4 is 9.47 Å². The number of nitrogens with zero attached hydrogens (tertiary/aromatic N) is 2. The predicted molar refractivity (Wildman–Crippen MR) is 127 cm³/mol. The van der Waals surface area contributed by atoms with Crippen LogP contribution in [0.25, 0.3) is 5.76 Å². The number of aliphatic hydroxyl groups is 1. The Hall–Kier alpha value is -3.32. The fourth-order valence-corrected chi connectivity index (χ4v) is 3.81. The van der Waals surface area contributed by atoms with Gasteiger partial charge in [-0.2, -0.15) is 0 Å². The molecule has 1 N–H and O–H groups in total. The van der Waals surface area contributed by atoms with Crippen molar-refractivity contribution in [2.24, 2.45) is 0 Å². The van der Waals surface area contributed by atoms with Gasteiger partial charge >= 0.3 is 0 Å². The standard InChI is InChI=1S/C26H32N2O5/c1-5-16-33-20-13-12-19(17-21(20)32-6-2)23-22(24(29)18-10-8-7-9-11-18)25(30)26(31)28(23)15-14-27(3)4/h7-13,17,23,29H,5-6,14-16H2,1-4H3/b24-22+. The molecule has 1 amide bonds. The predicted octanol–water partition coefficient (Wildman–Crippen LogP) is 3.86. The molecule has 1 fully saturated rings. The van der Waals surface area contributed by atoms with E-state index >= 15 is 0 Å². The highest BCUT2D eigenvalue weighted by Gasteiger charge is 2.46. The second-order valence-corrected chi connectivity index (χ2v) is 8.15. The van der Waals surface area contributed by atoms with Crippen LogP contribution in [0.2, 0.25) is 0 Å². The summed E-state index contributed by atoms with van der Waals surface area (Å²) in [6.45, 7) is 5.81. The largest absolute Gasteiger partial charge is 0.507 e. The monoisotopic (exact) mass is 452 g/mol. The quantitative estimate of drug-likeness (QED) is 0.335. The second-order valence-electron chi connectivity index (χ2n) is 8.15. The Morgan fingerprint density at radius 2 is 1.76 bits per heavy atom. The molecule has 1 unspecified atom stereocenters. The molecule has 1 saturated heterocycles. The molecule has 0 aromatic heterocycles. The van der Waals surface area contributed by atoms with Crippen molar-refractivity contribution in [3.05, 3.63) is 65.2 Å². The van der Waals surface area contributed by atoms with Gasteiger partial charge in [0.1, 0.15) is 5.76 Å². The number of amides is 1. The highest BCUT2D eigenvalue weighted by molar-refractivity contribution is 6.46. The van der Waals surface area contributed by atoms with Crippen molar-refractivity contribution in [2.75, 3.05) is 40.4 Å². The Morgan fingerprint density at radius 1 is 1.03 bits per heavy atom. The number of ether oxygens (including phenoxy) is 2. The van der Waals surface area contributed by atoms with Crippen LogP contribution in [0.15, 0.2) is 54.1 Å². The average Bonchev–Trinajstić information content (AvgIpc) is 3.07.